The maximum atomic E-state index is 12.9. The van der Waals surface area contributed by atoms with E-state index in [2.05, 4.69) is 35.6 Å². The smallest absolute Gasteiger partial charge is 0.263 e. The number of ether oxygens (including phenoxy) is 1. The minimum atomic E-state index is -2.53. The molecule has 2 saturated heterocycles. The Labute approximate surface area is 212 Å². The summed E-state index contributed by atoms with van der Waals surface area (Å²) in [6, 6.07) is 10.1. The number of carbonyl (C=O) groups excluding carboxylic acids is 1. The molecule has 1 aliphatic carbocycles. The summed E-state index contributed by atoms with van der Waals surface area (Å²) in [6.07, 6.45) is 0.843. The van der Waals surface area contributed by atoms with Crippen LogP contribution in [-0.4, -0.2) is 73.8 Å². The number of carbonyl (C=O) groups is 1. The first-order valence-electron chi connectivity index (χ1n) is 12.5. The molecule has 0 unspecified atom stereocenters. The zero-order valence-corrected chi connectivity index (χ0v) is 20.4. The Kier molecular flexibility index (Phi) is 6.19. The monoisotopic (exact) mass is 510 g/mol. The quantitative estimate of drug-likeness (QED) is 0.540. The van der Waals surface area contributed by atoms with E-state index in [1.807, 2.05) is 6.07 Å². The van der Waals surface area contributed by atoms with Crippen LogP contribution in [0, 0.1) is 6.92 Å². The van der Waals surface area contributed by atoms with Gasteiger partial charge in [-0.1, -0.05) is 17.3 Å². The molecule has 1 amide bonds. The Morgan fingerprint density at radius 1 is 1.08 bits per heavy atom. The van der Waals surface area contributed by atoms with Gasteiger partial charge in [-0.25, -0.2) is 13.5 Å². The molecule has 1 N–H and O–H groups in total. The Morgan fingerprint density at radius 3 is 2.68 bits per heavy atom. The van der Waals surface area contributed by atoms with E-state index >= 15 is 0 Å². The molecule has 3 aliphatic rings. The van der Waals surface area contributed by atoms with Crippen LogP contribution in [0.4, 0.5) is 14.6 Å². The van der Waals surface area contributed by atoms with Gasteiger partial charge in [-0.3, -0.25) is 9.69 Å². The standard InChI is InChI=1S/C25H28F2N8O2/c1-15-21(35(32-29-15)17-7-5-16(6-8-17)24(26)27)14-37-23-10-9-22(30-31-23)33-11-12-34-19-4-2-3-18(19)28-25(36)20(34)13-33/h5-10,18-20,24H,2-4,11-14H2,1H3,(H,28,36)/t18-,19+,20-/m0/s1. The summed E-state index contributed by atoms with van der Waals surface area (Å²) >= 11 is 0. The van der Waals surface area contributed by atoms with Gasteiger partial charge in [0.05, 0.1) is 11.4 Å². The summed E-state index contributed by atoms with van der Waals surface area (Å²) in [5.41, 5.74) is 1.90. The van der Waals surface area contributed by atoms with Crippen molar-refractivity contribution in [2.24, 2.45) is 0 Å². The summed E-state index contributed by atoms with van der Waals surface area (Å²) < 4.78 is 33.2. The molecule has 1 aromatic carbocycles. The van der Waals surface area contributed by atoms with Gasteiger partial charge < -0.3 is 15.0 Å². The molecule has 3 fully saturated rings. The van der Waals surface area contributed by atoms with Gasteiger partial charge in [0.25, 0.3) is 6.43 Å². The molecular formula is C25H28F2N8O2. The van der Waals surface area contributed by atoms with Crippen LogP contribution in [0.15, 0.2) is 36.4 Å². The number of fused-ring (bicyclic) bond motifs is 3. The molecule has 4 heterocycles. The molecule has 6 rings (SSSR count). The number of nitrogens with one attached hydrogen (secondary N) is 1. The number of amides is 1. The van der Waals surface area contributed by atoms with E-state index in [1.165, 1.54) is 12.1 Å². The van der Waals surface area contributed by atoms with Crippen LogP contribution in [0.3, 0.4) is 0 Å². The van der Waals surface area contributed by atoms with Crippen molar-refractivity contribution in [2.45, 2.75) is 57.3 Å². The number of aryl methyl sites for hydroxylation is 1. The van der Waals surface area contributed by atoms with Crippen LogP contribution in [0.1, 0.15) is 42.6 Å². The Morgan fingerprint density at radius 2 is 1.92 bits per heavy atom. The van der Waals surface area contributed by atoms with Crippen molar-refractivity contribution in [1.29, 1.82) is 0 Å². The highest BCUT2D eigenvalue weighted by atomic mass is 19.3. The van der Waals surface area contributed by atoms with Gasteiger partial charge in [-0.2, -0.15) is 0 Å². The van der Waals surface area contributed by atoms with E-state index in [-0.39, 0.29) is 24.1 Å². The van der Waals surface area contributed by atoms with Gasteiger partial charge >= 0.3 is 0 Å². The van der Waals surface area contributed by atoms with Gasteiger partial charge in [0.2, 0.25) is 11.8 Å². The minimum Gasteiger partial charge on any atom is -0.470 e. The van der Waals surface area contributed by atoms with Gasteiger partial charge in [-0.15, -0.1) is 15.3 Å². The lowest BCUT2D eigenvalue weighted by Gasteiger charge is -2.48. The lowest BCUT2D eigenvalue weighted by atomic mass is 9.99. The van der Waals surface area contributed by atoms with Crippen LogP contribution in [0.25, 0.3) is 5.69 Å². The lowest BCUT2D eigenvalue weighted by Crippen LogP contribution is -2.69. The van der Waals surface area contributed by atoms with Crippen molar-refractivity contribution < 1.29 is 18.3 Å². The molecule has 37 heavy (non-hydrogen) atoms. The van der Waals surface area contributed by atoms with Crippen LogP contribution in [-0.2, 0) is 11.4 Å². The van der Waals surface area contributed by atoms with E-state index in [4.69, 9.17) is 4.74 Å². The summed E-state index contributed by atoms with van der Waals surface area (Å²) in [7, 11) is 0. The molecule has 3 atom stereocenters. The minimum absolute atomic E-state index is 0.0537. The predicted octanol–water partition coefficient (Wildman–Crippen LogP) is 2.42. The van der Waals surface area contributed by atoms with Crippen molar-refractivity contribution in [3.05, 3.63) is 53.3 Å². The molecule has 3 aromatic rings. The van der Waals surface area contributed by atoms with Gasteiger partial charge in [0.1, 0.15) is 18.3 Å². The molecule has 2 aliphatic heterocycles. The second-order valence-corrected chi connectivity index (χ2v) is 9.76. The Hall–Kier alpha value is -3.67. The molecule has 1 saturated carbocycles. The van der Waals surface area contributed by atoms with Gasteiger partial charge in [-0.05, 0) is 44.4 Å². The van der Waals surface area contributed by atoms with Gasteiger partial charge in [0.15, 0.2) is 5.82 Å². The summed E-state index contributed by atoms with van der Waals surface area (Å²) in [5.74, 6) is 1.15. The number of anilines is 1. The molecule has 0 bridgehead atoms. The number of rotatable bonds is 6. The third-order valence-corrected chi connectivity index (χ3v) is 7.61. The normalized spacial score (nSPS) is 23.6. The van der Waals surface area contributed by atoms with E-state index < -0.39 is 6.43 Å². The summed E-state index contributed by atoms with van der Waals surface area (Å²) in [6.45, 7) is 4.13. The van der Waals surface area contributed by atoms with Crippen LogP contribution in [0.2, 0.25) is 0 Å². The average molecular weight is 511 g/mol. The van der Waals surface area contributed by atoms with Crippen molar-refractivity contribution >= 4 is 11.7 Å². The highest BCUT2D eigenvalue weighted by Gasteiger charge is 2.46. The largest absolute Gasteiger partial charge is 0.470 e. The summed E-state index contributed by atoms with van der Waals surface area (Å²) in [4.78, 5) is 17.2. The van der Waals surface area contributed by atoms with Crippen LogP contribution >= 0.6 is 0 Å². The molecular weight excluding hydrogens is 482 g/mol. The topological polar surface area (TPSA) is 101 Å². The maximum Gasteiger partial charge on any atom is 0.263 e. The number of benzene rings is 1. The molecule has 0 radical (unpaired) electrons. The molecule has 0 spiro atoms. The fraction of sp³-hybridized carbons (Fsp3) is 0.480. The SMILES string of the molecule is Cc1nnn(-c2ccc(C(F)F)cc2)c1COc1ccc(N2CCN3[C@@H]4CCC[C@@H]4NC(=O)[C@@H]3C2)nn1. The van der Waals surface area contributed by atoms with Gasteiger partial charge in [0, 0.05) is 43.3 Å². The zero-order chi connectivity index (χ0) is 25.5. The highest BCUT2D eigenvalue weighted by molar-refractivity contribution is 5.84. The molecule has 2 aromatic heterocycles. The number of aromatic nitrogens is 5. The van der Waals surface area contributed by atoms with Crippen molar-refractivity contribution in [3.63, 3.8) is 0 Å². The Balaban J connectivity index is 1.11. The van der Waals surface area contributed by atoms with Crippen LogP contribution < -0.4 is 15.0 Å². The van der Waals surface area contributed by atoms with Crippen molar-refractivity contribution in [2.75, 3.05) is 24.5 Å². The number of hydrogen-bond donors (Lipinski definition) is 1. The number of hydrogen-bond acceptors (Lipinski definition) is 8. The third-order valence-electron chi connectivity index (χ3n) is 7.61. The first-order chi connectivity index (χ1) is 18.0. The van der Waals surface area contributed by atoms with Crippen molar-refractivity contribution in [3.8, 4) is 11.6 Å². The number of nitrogens with zero attached hydrogens (tertiary/aromatic N) is 7. The predicted molar refractivity (Wildman–Crippen MR) is 130 cm³/mol. The first kappa shape index (κ1) is 23.7. The lowest BCUT2D eigenvalue weighted by molar-refractivity contribution is -0.133. The van der Waals surface area contributed by atoms with E-state index in [9.17, 15) is 13.6 Å². The van der Waals surface area contributed by atoms with Crippen molar-refractivity contribution in [1.82, 2.24) is 35.4 Å². The number of alkyl halides is 2. The molecule has 194 valence electrons. The Bertz CT molecular complexity index is 1270. The summed E-state index contributed by atoms with van der Waals surface area (Å²) in [5, 5.41) is 20.0. The molecule has 10 nitrogen and oxygen atoms in total. The fourth-order valence-corrected chi connectivity index (χ4v) is 5.63. The molecule has 12 heteroatoms. The van der Waals surface area contributed by atoms with E-state index in [1.54, 1.807) is 29.8 Å². The second-order valence-electron chi connectivity index (χ2n) is 9.76. The number of halogens is 2. The van der Waals surface area contributed by atoms with E-state index in [0.717, 1.165) is 32.4 Å². The van der Waals surface area contributed by atoms with E-state index in [0.29, 0.717) is 47.4 Å². The zero-order valence-electron chi connectivity index (χ0n) is 20.4. The average Bonchev–Trinajstić information content (AvgIpc) is 3.54. The fourth-order valence-electron chi connectivity index (χ4n) is 5.63. The first-order valence-corrected chi connectivity index (χ1v) is 12.5. The van der Waals surface area contributed by atoms with Crippen LogP contribution in [0.5, 0.6) is 5.88 Å². The number of piperazine rings is 2. The third kappa shape index (κ3) is 4.50. The maximum absolute atomic E-state index is 12.9. The highest BCUT2D eigenvalue weighted by Crippen LogP contribution is 2.32. The second kappa shape index (κ2) is 9.66.